The van der Waals surface area contributed by atoms with E-state index in [9.17, 15) is 9.18 Å². The summed E-state index contributed by atoms with van der Waals surface area (Å²) >= 11 is 2.87. The van der Waals surface area contributed by atoms with Crippen LogP contribution in [0.2, 0.25) is 0 Å². The average Bonchev–Trinajstić information content (AvgIpc) is 1.85. The van der Waals surface area contributed by atoms with Gasteiger partial charge in [0.2, 0.25) is 5.95 Å². The Kier molecular flexibility index (Phi) is 2.19. The third-order valence-corrected chi connectivity index (χ3v) is 1.42. The monoisotopic (exact) mass is 219 g/mol. The molecule has 1 aromatic heterocycles. The first-order valence-electron chi connectivity index (χ1n) is 2.66. The first-order chi connectivity index (χ1) is 5.09. The van der Waals surface area contributed by atoms with Crippen molar-refractivity contribution < 1.29 is 14.3 Å². The van der Waals surface area contributed by atoms with Crippen LogP contribution in [0.25, 0.3) is 0 Å². The molecule has 0 spiro atoms. The summed E-state index contributed by atoms with van der Waals surface area (Å²) in [5, 5.41) is 8.42. The molecule has 0 atom stereocenters. The van der Waals surface area contributed by atoms with Crippen LogP contribution in [0.1, 0.15) is 10.4 Å². The number of aromatic carboxylic acids is 1. The number of hydrogen-bond donors (Lipinski definition) is 1. The van der Waals surface area contributed by atoms with E-state index < -0.39 is 11.9 Å². The van der Waals surface area contributed by atoms with Crippen molar-refractivity contribution in [2.75, 3.05) is 0 Å². The molecule has 0 unspecified atom stereocenters. The first-order valence-corrected chi connectivity index (χ1v) is 3.45. The lowest BCUT2D eigenvalue weighted by atomic mass is 10.3. The molecule has 0 aromatic carbocycles. The normalized spacial score (nSPS) is 9.64. The highest BCUT2D eigenvalue weighted by molar-refractivity contribution is 9.10. The van der Waals surface area contributed by atoms with E-state index in [1.807, 2.05) is 0 Å². The minimum atomic E-state index is -1.17. The Hall–Kier alpha value is -0.970. The number of rotatable bonds is 1. The molecule has 11 heavy (non-hydrogen) atoms. The Morgan fingerprint density at radius 1 is 1.64 bits per heavy atom. The fourth-order valence-electron chi connectivity index (χ4n) is 0.588. The first kappa shape index (κ1) is 8.13. The van der Waals surface area contributed by atoms with Crippen molar-refractivity contribution in [1.82, 2.24) is 4.98 Å². The largest absolute Gasteiger partial charge is 0.478 e. The zero-order valence-electron chi connectivity index (χ0n) is 5.21. The van der Waals surface area contributed by atoms with Gasteiger partial charge in [-0.1, -0.05) is 0 Å². The van der Waals surface area contributed by atoms with Gasteiger partial charge < -0.3 is 5.11 Å². The van der Waals surface area contributed by atoms with E-state index in [1.54, 1.807) is 0 Å². The third-order valence-electron chi connectivity index (χ3n) is 1.01. The number of aromatic nitrogens is 1. The van der Waals surface area contributed by atoms with Gasteiger partial charge in [0.1, 0.15) is 4.60 Å². The second-order valence-electron chi connectivity index (χ2n) is 1.81. The van der Waals surface area contributed by atoms with E-state index >= 15 is 0 Å². The van der Waals surface area contributed by atoms with Crippen LogP contribution < -0.4 is 0 Å². The fourth-order valence-corrected chi connectivity index (χ4v) is 1.00. The van der Waals surface area contributed by atoms with Gasteiger partial charge in [-0.05, 0) is 22.0 Å². The maximum absolute atomic E-state index is 12.4. The average molecular weight is 220 g/mol. The molecular formula is C6H3BrFNO2. The molecule has 0 aliphatic rings. The number of carboxylic acids is 1. The molecule has 3 nitrogen and oxygen atoms in total. The van der Waals surface area contributed by atoms with Crippen LogP contribution in [0.5, 0.6) is 0 Å². The SMILES string of the molecule is O=C(O)c1cc(F)nc(Br)c1. The van der Waals surface area contributed by atoms with Crippen molar-refractivity contribution in [2.24, 2.45) is 0 Å². The molecule has 0 amide bonds. The zero-order valence-corrected chi connectivity index (χ0v) is 6.80. The van der Waals surface area contributed by atoms with Gasteiger partial charge in [0, 0.05) is 6.07 Å². The Labute approximate surface area is 70.0 Å². The van der Waals surface area contributed by atoms with Gasteiger partial charge in [0.15, 0.2) is 0 Å². The quantitative estimate of drug-likeness (QED) is 0.732. The smallest absolute Gasteiger partial charge is 0.335 e. The minimum absolute atomic E-state index is 0.121. The lowest BCUT2D eigenvalue weighted by Crippen LogP contribution is -1.98. The highest BCUT2D eigenvalue weighted by Gasteiger charge is 2.05. The second kappa shape index (κ2) is 2.96. The van der Waals surface area contributed by atoms with E-state index in [1.165, 1.54) is 6.07 Å². The molecule has 1 rings (SSSR count). The molecule has 0 fully saturated rings. The van der Waals surface area contributed by atoms with E-state index in [2.05, 4.69) is 20.9 Å². The molecule has 0 saturated heterocycles. The van der Waals surface area contributed by atoms with Crippen LogP contribution >= 0.6 is 15.9 Å². The lowest BCUT2D eigenvalue weighted by molar-refractivity contribution is 0.0696. The van der Waals surface area contributed by atoms with E-state index in [0.717, 1.165) is 6.07 Å². The number of carboxylic acid groups (broad SMARTS) is 1. The molecular weight excluding hydrogens is 217 g/mol. The van der Waals surface area contributed by atoms with Gasteiger partial charge in [-0.2, -0.15) is 4.39 Å². The van der Waals surface area contributed by atoms with Crippen LogP contribution in [0.15, 0.2) is 16.7 Å². The Morgan fingerprint density at radius 2 is 2.27 bits per heavy atom. The van der Waals surface area contributed by atoms with Crippen molar-refractivity contribution in [1.29, 1.82) is 0 Å². The highest BCUT2D eigenvalue weighted by atomic mass is 79.9. The predicted molar refractivity (Wildman–Crippen MR) is 38.9 cm³/mol. The van der Waals surface area contributed by atoms with Gasteiger partial charge >= 0.3 is 5.97 Å². The summed E-state index contributed by atoms with van der Waals surface area (Å²) in [5.74, 6) is -1.98. The molecule has 0 aliphatic heterocycles. The minimum Gasteiger partial charge on any atom is -0.478 e. The molecule has 0 saturated carbocycles. The maximum Gasteiger partial charge on any atom is 0.335 e. The van der Waals surface area contributed by atoms with Gasteiger partial charge in [-0.3, -0.25) is 0 Å². The van der Waals surface area contributed by atoms with Crippen molar-refractivity contribution in [3.05, 3.63) is 28.2 Å². The lowest BCUT2D eigenvalue weighted by Gasteiger charge is -1.94. The fraction of sp³-hybridized carbons (Fsp3) is 0. The summed E-state index contributed by atoms with van der Waals surface area (Å²) in [5.41, 5.74) is -0.121. The molecule has 1 N–H and O–H groups in total. The Bertz CT molecular complexity index is 282. The number of hydrogen-bond acceptors (Lipinski definition) is 2. The van der Waals surface area contributed by atoms with Crippen molar-refractivity contribution in [2.45, 2.75) is 0 Å². The standard InChI is InChI=1S/C6H3BrFNO2/c7-4-1-3(6(10)11)2-5(8)9-4/h1-2H,(H,10,11). The molecule has 1 aromatic rings. The number of carbonyl (C=O) groups is 1. The molecule has 1 heterocycles. The van der Waals surface area contributed by atoms with Crippen LogP contribution in [0.4, 0.5) is 4.39 Å². The summed E-state index contributed by atoms with van der Waals surface area (Å²) in [4.78, 5) is 13.6. The number of nitrogens with zero attached hydrogens (tertiary/aromatic N) is 1. The summed E-state index contributed by atoms with van der Waals surface area (Å²) in [6.07, 6.45) is 0. The topological polar surface area (TPSA) is 50.2 Å². The molecule has 5 heteroatoms. The van der Waals surface area contributed by atoms with Crippen LogP contribution in [0.3, 0.4) is 0 Å². The van der Waals surface area contributed by atoms with Gasteiger partial charge in [-0.25, -0.2) is 9.78 Å². The summed E-state index contributed by atoms with van der Waals surface area (Å²) in [7, 11) is 0. The number of pyridine rings is 1. The number of halogens is 2. The molecule has 0 bridgehead atoms. The molecule has 58 valence electrons. The summed E-state index contributed by atoms with van der Waals surface area (Å²) < 4.78 is 12.6. The van der Waals surface area contributed by atoms with Crippen LogP contribution in [0, 0.1) is 5.95 Å². The second-order valence-corrected chi connectivity index (χ2v) is 2.62. The zero-order chi connectivity index (χ0) is 8.43. The van der Waals surface area contributed by atoms with Crippen molar-refractivity contribution >= 4 is 21.9 Å². The van der Waals surface area contributed by atoms with E-state index in [4.69, 9.17) is 5.11 Å². The summed E-state index contributed by atoms with van der Waals surface area (Å²) in [6, 6.07) is 2.08. The summed E-state index contributed by atoms with van der Waals surface area (Å²) in [6.45, 7) is 0. The van der Waals surface area contributed by atoms with Crippen molar-refractivity contribution in [3.8, 4) is 0 Å². The van der Waals surface area contributed by atoms with Gasteiger partial charge in [0.05, 0.1) is 5.56 Å². The maximum atomic E-state index is 12.4. The molecule has 0 radical (unpaired) electrons. The van der Waals surface area contributed by atoms with Gasteiger partial charge in [-0.15, -0.1) is 0 Å². The van der Waals surface area contributed by atoms with Crippen LogP contribution in [-0.4, -0.2) is 16.1 Å². The van der Waals surface area contributed by atoms with Crippen molar-refractivity contribution in [3.63, 3.8) is 0 Å². The van der Waals surface area contributed by atoms with E-state index in [0.29, 0.717) is 0 Å². The predicted octanol–water partition coefficient (Wildman–Crippen LogP) is 1.68. The highest BCUT2D eigenvalue weighted by Crippen LogP contribution is 2.10. The van der Waals surface area contributed by atoms with E-state index in [-0.39, 0.29) is 10.2 Å². The van der Waals surface area contributed by atoms with Crippen LogP contribution in [-0.2, 0) is 0 Å². The third kappa shape index (κ3) is 1.98. The molecule has 0 aliphatic carbocycles. The Morgan fingerprint density at radius 3 is 2.73 bits per heavy atom. The van der Waals surface area contributed by atoms with Gasteiger partial charge in [0.25, 0.3) is 0 Å². The Balaban J connectivity index is 3.19.